The fraction of sp³-hybridized carbons (Fsp3) is 1.00. The van der Waals surface area contributed by atoms with Gasteiger partial charge in [-0.25, -0.2) is 0 Å². The van der Waals surface area contributed by atoms with Gasteiger partial charge in [-0.05, 0) is 80.5 Å². The van der Waals surface area contributed by atoms with Crippen molar-refractivity contribution in [2.24, 2.45) is 46.0 Å². The number of hydrogen-bond donors (Lipinski definition) is 2. The topological polar surface area (TPSA) is 52.0 Å². The molecule has 4 saturated carbocycles. The summed E-state index contributed by atoms with van der Waals surface area (Å²) in [6, 6.07) is 0. The standard InChI is InChI=1S/C19H34N2/c1-17-10-4-3-5-13(17)6-7-14-15(17)8-11-18(2)16(14)9-12-19(18,20)21/h13-16H,3-12,20-21H2,1-2H3/t13?,14-,15-,16+,17+,18+/m1/s1. The van der Waals surface area contributed by atoms with Crippen LogP contribution in [-0.4, -0.2) is 5.66 Å². The van der Waals surface area contributed by atoms with Crippen molar-refractivity contribution in [3.05, 3.63) is 0 Å². The van der Waals surface area contributed by atoms with Crippen molar-refractivity contribution in [1.82, 2.24) is 0 Å². The molecule has 21 heavy (non-hydrogen) atoms. The van der Waals surface area contributed by atoms with E-state index in [1.807, 2.05) is 0 Å². The van der Waals surface area contributed by atoms with E-state index < -0.39 is 5.66 Å². The molecular weight excluding hydrogens is 256 g/mol. The van der Waals surface area contributed by atoms with Crippen molar-refractivity contribution in [3.63, 3.8) is 0 Å². The van der Waals surface area contributed by atoms with Crippen LogP contribution < -0.4 is 11.5 Å². The Balaban J connectivity index is 1.66. The number of rotatable bonds is 0. The van der Waals surface area contributed by atoms with Gasteiger partial charge in [0.15, 0.2) is 0 Å². The van der Waals surface area contributed by atoms with Gasteiger partial charge in [0.1, 0.15) is 0 Å². The van der Waals surface area contributed by atoms with Gasteiger partial charge in [-0.2, -0.15) is 0 Å². The van der Waals surface area contributed by atoms with E-state index in [1.54, 1.807) is 0 Å². The second-order valence-electron chi connectivity index (χ2n) is 9.44. The Hall–Kier alpha value is -0.0800. The van der Waals surface area contributed by atoms with Gasteiger partial charge in [-0.3, -0.25) is 0 Å². The molecule has 0 saturated heterocycles. The van der Waals surface area contributed by atoms with Gasteiger partial charge in [0.05, 0.1) is 5.66 Å². The zero-order chi connectivity index (χ0) is 14.9. The van der Waals surface area contributed by atoms with Crippen molar-refractivity contribution >= 4 is 0 Å². The summed E-state index contributed by atoms with van der Waals surface area (Å²) in [5.41, 5.74) is 13.5. The largest absolute Gasteiger partial charge is 0.313 e. The first kappa shape index (κ1) is 14.5. The van der Waals surface area contributed by atoms with E-state index in [2.05, 4.69) is 13.8 Å². The van der Waals surface area contributed by atoms with Crippen LogP contribution in [0, 0.1) is 34.5 Å². The minimum absolute atomic E-state index is 0.200. The highest BCUT2D eigenvalue weighted by molar-refractivity contribution is 5.13. The molecule has 0 aromatic carbocycles. The van der Waals surface area contributed by atoms with Gasteiger partial charge in [0.25, 0.3) is 0 Å². The van der Waals surface area contributed by atoms with Crippen LogP contribution >= 0.6 is 0 Å². The Morgan fingerprint density at radius 3 is 2.33 bits per heavy atom. The SMILES string of the molecule is C[C@]12CCCCC1CC[C@@H]1[C@H]2CC[C@@]2(C)[C@H]1CCC2(N)N. The second-order valence-corrected chi connectivity index (χ2v) is 9.44. The van der Waals surface area contributed by atoms with Gasteiger partial charge in [0, 0.05) is 5.41 Å². The van der Waals surface area contributed by atoms with Crippen molar-refractivity contribution in [1.29, 1.82) is 0 Å². The van der Waals surface area contributed by atoms with Crippen LogP contribution in [0.5, 0.6) is 0 Å². The molecule has 0 aromatic heterocycles. The normalized spacial score (nSPS) is 55.4. The third-order valence-electron chi connectivity index (χ3n) is 8.91. The summed E-state index contributed by atoms with van der Waals surface area (Å²) in [5, 5.41) is 0. The minimum atomic E-state index is -0.410. The molecular formula is C19H34N2. The lowest BCUT2D eigenvalue weighted by Crippen LogP contribution is -2.63. The van der Waals surface area contributed by atoms with Gasteiger partial charge in [0.2, 0.25) is 0 Å². The van der Waals surface area contributed by atoms with E-state index in [9.17, 15) is 0 Å². The zero-order valence-electron chi connectivity index (χ0n) is 14.0. The van der Waals surface area contributed by atoms with E-state index in [1.165, 1.54) is 57.8 Å². The third-order valence-corrected chi connectivity index (χ3v) is 8.91. The monoisotopic (exact) mass is 290 g/mol. The van der Waals surface area contributed by atoms with Crippen LogP contribution in [0.3, 0.4) is 0 Å². The summed E-state index contributed by atoms with van der Waals surface area (Å²) in [7, 11) is 0. The number of fused-ring (bicyclic) bond motifs is 5. The summed E-state index contributed by atoms with van der Waals surface area (Å²) in [6.45, 7) is 5.06. The van der Waals surface area contributed by atoms with Crippen LogP contribution in [0.1, 0.15) is 78.1 Å². The minimum Gasteiger partial charge on any atom is -0.313 e. The fourth-order valence-corrected chi connectivity index (χ4v) is 7.41. The molecule has 0 heterocycles. The molecule has 0 aliphatic heterocycles. The second kappa shape index (κ2) is 4.47. The van der Waals surface area contributed by atoms with Gasteiger partial charge in [-0.1, -0.05) is 26.7 Å². The highest BCUT2D eigenvalue weighted by Crippen LogP contribution is 2.66. The van der Waals surface area contributed by atoms with Crippen LogP contribution in [0.2, 0.25) is 0 Å². The molecule has 4 aliphatic rings. The Kier molecular flexibility index (Phi) is 3.09. The van der Waals surface area contributed by atoms with E-state index in [-0.39, 0.29) is 5.41 Å². The first-order chi connectivity index (χ1) is 9.88. The maximum absolute atomic E-state index is 6.53. The molecule has 2 nitrogen and oxygen atoms in total. The fourth-order valence-electron chi connectivity index (χ4n) is 7.41. The summed E-state index contributed by atoms with van der Waals surface area (Å²) < 4.78 is 0. The lowest BCUT2D eigenvalue weighted by Gasteiger charge is -2.61. The maximum atomic E-state index is 6.53. The van der Waals surface area contributed by atoms with E-state index in [0.29, 0.717) is 5.41 Å². The van der Waals surface area contributed by atoms with Gasteiger partial charge < -0.3 is 11.5 Å². The average Bonchev–Trinajstić information content (AvgIpc) is 2.69. The molecule has 0 radical (unpaired) electrons. The molecule has 0 amide bonds. The Labute approximate surface area is 130 Å². The first-order valence-electron chi connectivity index (χ1n) is 9.46. The highest BCUT2D eigenvalue weighted by Gasteiger charge is 2.62. The summed E-state index contributed by atoms with van der Waals surface area (Å²) in [6.07, 6.45) is 13.9. The van der Waals surface area contributed by atoms with Crippen molar-refractivity contribution in [3.8, 4) is 0 Å². The van der Waals surface area contributed by atoms with Crippen molar-refractivity contribution < 1.29 is 0 Å². The predicted octanol–water partition coefficient (Wildman–Crippen LogP) is 4.03. The molecule has 1 unspecified atom stereocenters. The van der Waals surface area contributed by atoms with Gasteiger partial charge in [-0.15, -0.1) is 0 Å². The zero-order valence-corrected chi connectivity index (χ0v) is 14.0. The van der Waals surface area contributed by atoms with Crippen molar-refractivity contribution in [2.75, 3.05) is 0 Å². The van der Waals surface area contributed by atoms with Gasteiger partial charge >= 0.3 is 0 Å². The molecule has 4 fully saturated rings. The van der Waals surface area contributed by atoms with Crippen molar-refractivity contribution in [2.45, 2.75) is 83.7 Å². The molecule has 4 aliphatic carbocycles. The summed E-state index contributed by atoms with van der Waals surface area (Å²) in [5.74, 6) is 3.69. The van der Waals surface area contributed by atoms with Crippen LogP contribution in [0.4, 0.5) is 0 Å². The summed E-state index contributed by atoms with van der Waals surface area (Å²) in [4.78, 5) is 0. The smallest absolute Gasteiger partial charge is 0.0694 e. The number of nitrogens with two attached hydrogens (primary N) is 2. The maximum Gasteiger partial charge on any atom is 0.0694 e. The van der Waals surface area contributed by atoms with Crippen LogP contribution in [0.15, 0.2) is 0 Å². The molecule has 0 aromatic rings. The lowest BCUT2D eigenvalue weighted by atomic mass is 9.45. The Morgan fingerprint density at radius 1 is 0.762 bits per heavy atom. The molecule has 4 rings (SSSR count). The molecule has 0 bridgehead atoms. The quantitative estimate of drug-likeness (QED) is 0.662. The predicted molar refractivity (Wildman–Crippen MR) is 87.4 cm³/mol. The molecule has 4 N–H and O–H groups in total. The first-order valence-corrected chi connectivity index (χ1v) is 9.46. The van der Waals surface area contributed by atoms with Crippen LogP contribution in [-0.2, 0) is 0 Å². The van der Waals surface area contributed by atoms with Crippen LogP contribution in [0.25, 0.3) is 0 Å². The van der Waals surface area contributed by atoms with E-state index in [0.717, 1.165) is 30.1 Å². The molecule has 2 heteroatoms. The molecule has 0 spiro atoms. The lowest BCUT2D eigenvalue weighted by molar-refractivity contribution is -0.113. The van der Waals surface area contributed by atoms with E-state index >= 15 is 0 Å². The highest BCUT2D eigenvalue weighted by atomic mass is 15.0. The third kappa shape index (κ3) is 1.78. The summed E-state index contributed by atoms with van der Waals surface area (Å²) >= 11 is 0. The molecule has 6 atom stereocenters. The average molecular weight is 290 g/mol. The number of hydrogen-bond acceptors (Lipinski definition) is 2. The Bertz CT molecular complexity index is 431. The van der Waals surface area contributed by atoms with E-state index in [4.69, 9.17) is 11.5 Å². The Morgan fingerprint density at radius 2 is 1.52 bits per heavy atom. The molecule has 120 valence electrons.